The third-order valence-corrected chi connectivity index (χ3v) is 2.12. The Morgan fingerprint density at radius 3 is 2.56 bits per heavy atom. The first-order valence-corrected chi connectivity index (χ1v) is 6.07. The van der Waals surface area contributed by atoms with Crippen LogP contribution in [0.3, 0.4) is 0 Å². The molecule has 0 radical (unpaired) electrons. The number of benzene rings is 1. The first kappa shape index (κ1) is 12.9. The molecule has 0 spiro atoms. The molecule has 0 fully saturated rings. The molecule has 0 heterocycles. The number of nitrogens with two attached hydrogens (primary N) is 1. The molecule has 1 atom stereocenters. The molecule has 0 amide bonds. The standard InChI is InChI=1S/C9H12NO5P/c10-16(12,13)15-7-14-9(11)6-8-4-2-1-3-5-8/h1-5H,6-7H2,(H3,10,12,13). The zero-order chi connectivity index (χ0) is 12.0. The Labute approximate surface area is 92.6 Å². The van der Waals surface area contributed by atoms with Crippen molar-refractivity contribution in [3.8, 4) is 0 Å². The normalized spacial score (nSPS) is 14.1. The molecule has 6 nitrogen and oxygen atoms in total. The summed E-state index contributed by atoms with van der Waals surface area (Å²) in [6, 6.07) is 8.94. The molecule has 0 bridgehead atoms. The van der Waals surface area contributed by atoms with Crippen LogP contribution in [0.25, 0.3) is 0 Å². The quantitative estimate of drug-likeness (QED) is 0.452. The summed E-state index contributed by atoms with van der Waals surface area (Å²) in [5.41, 5.74) is 5.46. The molecule has 0 saturated carbocycles. The number of esters is 1. The molecular weight excluding hydrogens is 233 g/mol. The number of rotatable bonds is 5. The highest BCUT2D eigenvalue weighted by Gasteiger charge is 2.12. The van der Waals surface area contributed by atoms with Crippen molar-refractivity contribution in [3.63, 3.8) is 0 Å². The van der Waals surface area contributed by atoms with E-state index in [2.05, 4.69) is 14.8 Å². The van der Waals surface area contributed by atoms with Gasteiger partial charge in [-0.05, 0) is 5.56 Å². The van der Waals surface area contributed by atoms with E-state index >= 15 is 0 Å². The fourth-order valence-electron chi connectivity index (χ4n) is 0.981. The Morgan fingerprint density at radius 1 is 1.38 bits per heavy atom. The molecule has 1 unspecified atom stereocenters. The van der Waals surface area contributed by atoms with Gasteiger partial charge in [-0.1, -0.05) is 30.3 Å². The maximum atomic E-state index is 11.2. The van der Waals surface area contributed by atoms with E-state index in [4.69, 9.17) is 4.89 Å². The van der Waals surface area contributed by atoms with Crippen molar-refractivity contribution >= 4 is 13.7 Å². The second-order valence-corrected chi connectivity index (χ2v) is 4.38. The number of hydrogen-bond donors (Lipinski definition) is 2. The minimum Gasteiger partial charge on any atom is -0.438 e. The average molecular weight is 245 g/mol. The second kappa shape index (κ2) is 5.77. The van der Waals surface area contributed by atoms with Crippen LogP contribution >= 0.6 is 7.75 Å². The molecule has 0 saturated heterocycles. The van der Waals surface area contributed by atoms with Gasteiger partial charge in [0, 0.05) is 0 Å². The highest BCUT2D eigenvalue weighted by molar-refractivity contribution is 7.50. The molecule has 1 aromatic carbocycles. The van der Waals surface area contributed by atoms with Crippen LogP contribution in [0.4, 0.5) is 0 Å². The molecule has 0 aromatic heterocycles. The topological polar surface area (TPSA) is 98.9 Å². The maximum absolute atomic E-state index is 11.2. The van der Waals surface area contributed by atoms with Gasteiger partial charge >= 0.3 is 13.7 Å². The highest BCUT2D eigenvalue weighted by atomic mass is 31.2. The first-order chi connectivity index (χ1) is 7.47. The average Bonchev–Trinajstić information content (AvgIpc) is 2.17. The van der Waals surface area contributed by atoms with Crippen LogP contribution in [0.5, 0.6) is 0 Å². The lowest BCUT2D eigenvalue weighted by Gasteiger charge is -2.07. The SMILES string of the molecule is NP(=O)(O)OCOC(=O)Cc1ccccc1. The summed E-state index contributed by atoms with van der Waals surface area (Å²) in [6.07, 6.45) is 0.0739. The van der Waals surface area contributed by atoms with Gasteiger partial charge in [-0.3, -0.25) is 9.32 Å². The van der Waals surface area contributed by atoms with E-state index in [0.717, 1.165) is 5.56 Å². The number of carbonyl (C=O) groups excluding carboxylic acids is 1. The fraction of sp³-hybridized carbons (Fsp3) is 0.222. The van der Waals surface area contributed by atoms with Crippen LogP contribution in [-0.4, -0.2) is 17.7 Å². The van der Waals surface area contributed by atoms with E-state index in [1.165, 1.54) is 0 Å². The van der Waals surface area contributed by atoms with E-state index in [-0.39, 0.29) is 6.42 Å². The summed E-state index contributed by atoms with van der Waals surface area (Å²) in [6.45, 7) is -0.629. The van der Waals surface area contributed by atoms with E-state index in [0.29, 0.717) is 0 Å². The molecule has 88 valence electrons. The van der Waals surface area contributed by atoms with Crippen LogP contribution in [-0.2, 0) is 25.0 Å². The molecule has 0 aliphatic rings. The Kier molecular flexibility index (Phi) is 4.64. The first-order valence-electron chi connectivity index (χ1n) is 4.43. The lowest BCUT2D eigenvalue weighted by molar-refractivity contribution is -0.149. The summed E-state index contributed by atoms with van der Waals surface area (Å²) in [4.78, 5) is 19.7. The van der Waals surface area contributed by atoms with Crippen molar-refractivity contribution in [1.82, 2.24) is 0 Å². The van der Waals surface area contributed by atoms with Crippen molar-refractivity contribution in [2.75, 3.05) is 6.79 Å². The minimum absolute atomic E-state index is 0.0739. The van der Waals surface area contributed by atoms with E-state index < -0.39 is 20.5 Å². The molecule has 0 aliphatic heterocycles. The van der Waals surface area contributed by atoms with Gasteiger partial charge in [-0.15, -0.1) is 0 Å². The van der Waals surface area contributed by atoms with Gasteiger partial charge in [0.15, 0.2) is 0 Å². The zero-order valence-corrected chi connectivity index (χ0v) is 9.30. The Bertz CT molecular complexity index is 388. The van der Waals surface area contributed by atoms with Crippen molar-refractivity contribution in [1.29, 1.82) is 0 Å². The predicted octanol–water partition coefficient (Wildman–Crippen LogP) is 0.806. The molecule has 1 rings (SSSR count). The molecule has 0 aliphatic carbocycles. The number of hydrogen-bond acceptors (Lipinski definition) is 4. The van der Waals surface area contributed by atoms with Gasteiger partial charge in [0.25, 0.3) is 0 Å². The third-order valence-electron chi connectivity index (χ3n) is 1.65. The molecule has 1 aromatic rings. The monoisotopic (exact) mass is 245 g/mol. The van der Waals surface area contributed by atoms with Crippen molar-refractivity contribution < 1.29 is 23.5 Å². The number of carbonyl (C=O) groups is 1. The van der Waals surface area contributed by atoms with Crippen molar-refractivity contribution in [2.45, 2.75) is 6.42 Å². The summed E-state index contributed by atoms with van der Waals surface area (Å²) >= 11 is 0. The van der Waals surface area contributed by atoms with Gasteiger partial charge < -0.3 is 9.63 Å². The van der Waals surface area contributed by atoms with Crippen LogP contribution in [0.15, 0.2) is 30.3 Å². The van der Waals surface area contributed by atoms with Crippen LogP contribution in [0, 0.1) is 0 Å². The van der Waals surface area contributed by atoms with E-state index in [1.54, 1.807) is 24.3 Å². The Morgan fingerprint density at radius 2 is 2.00 bits per heavy atom. The van der Waals surface area contributed by atoms with Crippen LogP contribution in [0.2, 0.25) is 0 Å². The second-order valence-electron chi connectivity index (χ2n) is 2.99. The minimum atomic E-state index is -4.08. The molecular formula is C9H12NO5P. The molecule has 7 heteroatoms. The summed E-state index contributed by atoms with van der Waals surface area (Å²) < 4.78 is 19.2. The van der Waals surface area contributed by atoms with Crippen molar-refractivity contribution in [3.05, 3.63) is 35.9 Å². The van der Waals surface area contributed by atoms with Gasteiger partial charge in [0.05, 0.1) is 6.42 Å². The molecule has 3 N–H and O–H groups in total. The zero-order valence-electron chi connectivity index (χ0n) is 8.41. The summed E-state index contributed by atoms with van der Waals surface area (Å²) in [5, 5.41) is 0. The van der Waals surface area contributed by atoms with Gasteiger partial charge in [0.2, 0.25) is 6.79 Å². The van der Waals surface area contributed by atoms with E-state index in [9.17, 15) is 9.36 Å². The Balaban J connectivity index is 2.30. The van der Waals surface area contributed by atoms with Crippen LogP contribution < -0.4 is 5.50 Å². The van der Waals surface area contributed by atoms with Crippen LogP contribution in [0.1, 0.15) is 5.56 Å². The predicted molar refractivity (Wildman–Crippen MR) is 56.2 cm³/mol. The fourth-order valence-corrected chi connectivity index (χ4v) is 1.18. The number of ether oxygens (including phenoxy) is 1. The summed E-state index contributed by atoms with van der Waals surface area (Å²) in [5.74, 6) is -0.556. The smallest absolute Gasteiger partial charge is 0.403 e. The van der Waals surface area contributed by atoms with Gasteiger partial charge in [-0.2, -0.15) is 0 Å². The van der Waals surface area contributed by atoms with Gasteiger partial charge in [0.1, 0.15) is 0 Å². The molecule has 16 heavy (non-hydrogen) atoms. The largest absolute Gasteiger partial charge is 0.438 e. The lowest BCUT2D eigenvalue weighted by atomic mass is 10.2. The highest BCUT2D eigenvalue weighted by Crippen LogP contribution is 2.30. The van der Waals surface area contributed by atoms with E-state index in [1.807, 2.05) is 6.07 Å². The Hall–Kier alpha value is -1.20. The van der Waals surface area contributed by atoms with Crippen molar-refractivity contribution in [2.24, 2.45) is 5.50 Å². The summed E-state index contributed by atoms with van der Waals surface area (Å²) in [7, 11) is -4.08. The third kappa shape index (κ3) is 5.63. The lowest BCUT2D eigenvalue weighted by Crippen LogP contribution is -2.11. The van der Waals surface area contributed by atoms with Gasteiger partial charge in [-0.25, -0.2) is 10.1 Å². The maximum Gasteiger partial charge on any atom is 0.403 e.